The SMILES string of the molecule is Cc1ccccc1Oc1cc(C(F)(F)F)nc(SCc2c(F)cccc2F)n1. The number of hydrogen-bond donors (Lipinski definition) is 0. The topological polar surface area (TPSA) is 35.0 Å². The second kappa shape index (κ2) is 8.14. The molecule has 0 unspecified atom stereocenters. The summed E-state index contributed by atoms with van der Waals surface area (Å²) < 4.78 is 72.5. The van der Waals surface area contributed by atoms with Gasteiger partial charge in [-0.15, -0.1) is 0 Å². The Hall–Kier alpha value is -2.68. The van der Waals surface area contributed by atoms with Gasteiger partial charge in [-0.2, -0.15) is 18.2 Å². The zero-order valence-corrected chi connectivity index (χ0v) is 15.2. The molecular weight excluding hydrogens is 399 g/mol. The molecule has 0 radical (unpaired) electrons. The van der Waals surface area contributed by atoms with Gasteiger partial charge in [0.2, 0.25) is 5.88 Å². The number of aromatic nitrogens is 2. The van der Waals surface area contributed by atoms with Gasteiger partial charge in [0.15, 0.2) is 10.9 Å². The Bertz CT molecular complexity index is 974. The summed E-state index contributed by atoms with van der Waals surface area (Å²) in [6, 6.07) is 10.8. The lowest BCUT2D eigenvalue weighted by Crippen LogP contribution is -2.10. The van der Waals surface area contributed by atoms with Gasteiger partial charge in [0.05, 0.1) is 0 Å². The highest BCUT2D eigenvalue weighted by Crippen LogP contribution is 2.34. The molecule has 2 aromatic carbocycles. The molecule has 9 heteroatoms. The molecular formula is C19H13F5N2OS. The number of nitrogens with zero attached hydrogens (tertiary/aromatic N) is 2. The zero-order valence-electron chi connectivity index (χ0n) is 14.4. The van der Waals surface area contributed by atoms with Crippen molar-refractivity contribution >= 4 is 11.8 Å². The van der Waals surface area contributed by atoms with E-state index in [1.807, 2.05) is 0 Å². The largest absolute Gasteiger partial charge is 0.439 e. The van der Waals surface area contributed by atoms with Crippen molar-refractivity contribution in [3.63, 3.8) is 0 Å². The molecule has 0 saturated carbocycles. The van der Waals surface area contributed by atoms with Crippen LogP contribution in [0.3, 0.4) is 0 Å². The minimum atomic E-state index is -4.73. The fraction of sp³-hybridized carbons (Fsp3) is 0.158. The van der Waals surface area contributed by atoms with Gasteiger partial charge in [0, 0.05) is 17.4 Å². The van der Waals surface area contributed by atoms with E-state index in [9.17, 15) is 22.0 Å². The molecule has 0 spiro atoms. The molecule has 0 N–H and O–H groups in total. The molecule has 0 aliphatic rings. The van der Waals surface area contributed by atoms with Gasteiger partial charge in [-0.25, -0.2) is 13.8 Å². The quantitative estimate of drug-likeness (QED) is 0.285. The Balaban J connectivity index is 1.91. The normalized spacial score (nSPS) is 11.5. The number of ether oxygens (including phenoxy) is 1. The maximum atomic E-state index is 13.7. The van der Waals surface area contributed by atoms with Crippen LogP contribution in [0.1, 0.15) is 16.8 Å². The lowest BCUT2D eigenvalue weighted by atomic mass is 10.2. The van der Waals surface area contributed by atoms with Crippen molar-refractivity contribution in [1.29, 1.82) is 0 Å². The van der Waals surface area contributed by atoms with Crippen molar-refractivity contribution in [3.8, 4) is 11.6 Å². The number of halogens is 5. The van der Waals surface area contributed by atoms with Crippen molar-refractivity contribution < 1.29 is 26.7 Å². The van der Waals surface area contributed by atoms with Gasteiger partial charge < -0.3 is 4.74 Å². The van der Waals surface area contributed by atoms with E-state index in [2.05, 4.69) is 9.97 Å². The molecule has 0 atom stereocenters. The first-order valence-electron chi connectivity index (χ1n) is 7.99. The lowest BCUT2D eigenvalue weighted by molar-refractivity contribution is -0.141. The fourth-order valence-electron chi connectivity index (χ4n) is 2.26. The first-order valence-corrected chi connectivity index (χ1v) is 8.98. The van der Waals surface area contributed by atoms with Crippen LogP contribution < -0.4 is 4.74 Å². The van der Waals surface area contributed by atoms with Gasteiger partial charge in [-0.3, -0.25) is 0 Å². The maximum Gasteiger partial charge on any atom is 0.433 e. The summed E-state index contributed by atoms with van der Waals surface area (Å²) in [5.74, 6) is -1.84. The van der Waals surface area contributed by atoms with Gasteiger partial charge in [-0.1, -0.05) is 36.0 Å². The van der Waals surface area contributed by atoms with Crippen LogP contribution in [0.2, 0.25) is 0 Å². The number of alkyl halides is 3. The third-order valence-electron chi connectivity index (χ3n) is 3.69. The van der Waals surface area contributed by atoms with Crippen molar-refractivity contribution in [2.24, 2.45) is 0 Å². The van der Waals surface area contributed by atoms with E-state index in [1.165, 1.54) is 6.07 Å². The zero-order chi connectivity index (χ0) is 20.3. The van der Waals surface area contributed by atoms with Crippen molar-refractivity contribution in [2.75, 3.05) is 0 Å². The van der Waals surface area contributed by atoms with Gasteiger partial charge >= 0.3 is 6.18 Å². The monoisotopic (exact) mass is 412 g/mol. The number of hydrogen-bond acceptors (Lipinski definition) is 4. The molecule has 3 rings (SSSR count). The summed E-state index contributed by atoms with van der Waals surface area (Å²) in [6.07, 6.45) is -4.73. The summed E-state index contributed by atoms with van der Waals surface area (Å²) in [5.41, 5.74) is -0.769. The first-order chi connectivity index (χ1) is 13.2. The third-order valence-corrected chi connectivity index (χ3v) is 4.56. The van der Waals surface area contributed by atoms with E-state index in [-0.39, 0.29) is 22.4 Å². The Morgan fingerprint density at radius 2 is 1.64 bits per heavy atom. The second-order valence-electron chi connectivity index (χ2n) is 5.73. The first kappa shape index (κ1) is 20.1. The molecule has 0 amide bonds. The van der Waals surface area contributed by atoms with E-state index >= 15 is 0 Å². The molecule has 146 valence electrons. The maximum absolute atomic E-state index is 13.7. The Kier molecular flexibility index (Phi) is 5.83. The van der Waals surface area contributed by atoms with Crippen LogP contribution in [0.4, 0.5) is 22.0 Å². The molecule has 0 aliphatic heterocycles. The van der Waals surface area contributed by atoms with Crippen LogP contribution in [-0.4, -0.2) is 9.97 Å². The van der Waals surface area contributed by atoms with Crippen LogP contribution in [0, 0.1) is 18.6 Å². The predicted molar refractivity (Wildman–Crippen MR) is 94.2 cm³/mol. The molecule has 1 heterocycles. The lowest BCUT2D eigenvalue weighted by Gasteiger charge is -2.12. The van der Waals surface area contributed by atoms with E-state index in [0.29, 0.717) is 29.1 Å². The minimum absolute atomic E-state index is 0.269. The standard InChI is InChI=1S/C19H13F5N2OS/c1-11-5-2-3-8-15(11)27-17-9-16(19(22,23)24)25-18(26-17)28-10-12-13(20)6-4-7-14(12)21/h2-9H,10H2,1H3. The van der Waals surface area contributed by atoms with E-state index in [1.54, 1.807) is 31.2 Å². The van der Waals surface area contributed by atoms with Crippen LogP contribution in [0.25, 0.3) is 0 Å². The van der Waals surface area contributed by atoms with Gasteiger partial charge in [0.25, 0.3) is 0 Å². The van der Waals surface area contributed by atoms with Crippen LogP contribution in [0.5, 0.6) is 11.6 Å². The van der Waals surface area contributed by atoms with Crippen molar-refractivity contribution in [3.05, 3.63) is 77.0 Å². The Labute approximate surface area is 161 Å². The smallest absolute Gasteiger partial charge is 0.433 e. The van der Waals surface area contributed by atoms with Crippen molar-refractivity contribution in [1.82, 2.24) is 9.97 Å². The summed E-state index contributed by atoms with van der Waals surface area (Å²) in [4.78, 5) is 7.39. The summed E-state index contributed by atoms with van der Waals surface area (Å²) in [6.45, 7) is 1.73. The average Bonchev–Trinajstić information content (AvgIpc) is 2.62. The third kappa shape index (κ3) is 4.78. The molecule has 3 nitrogen and oxygen atoms in total. The van der Waals surface area contributed by atoms with E-state index in [0.717, 1.165) is 12.1 Å². The van der Waals surface area contributed by atoms with Crippen LogP contribution in [0.15, 0.2) is 53.7 Å². The molecule has 28 heavy (non-hydrogen) atoms. The molecule has 3 aromatic rings. The summed E-state index contributed by atoms with van der Waals surface area (Å²) in [7, 11) is 0. The van der Waals surface area contributed by atoms with Crippen LogP contribution in [-0.2, 0) is 11.9 Å². The number of benzene rings is 2. The molecule has 0 bridgehead atoms. The van der Waals surface area contributed by atoms with Gasteiger partial charge in [-0.05, 0) is 30.7 Å². The van der Waals surface area contributed by atoms with E-state index in [4.69, 9.17) is 4.74 Å². The van der Waals surface area contributed by atoms with Crippen LogP contribution >= 0.6 is 11.8 Å². The summed E-state index contributed by atoms with van der Waals surface area (Å²) >= 11 is 0.679. The molecule has 0 fully saturated rings. The molecule has 0 saturated heterocycles. The van der Waals surface area contributed by atoms with Crippen molar-refractivity contribution in [2.45, 2.75) is 24.0 Å². The summed E-state index contributed by atoms with van der Waals surface area (Å²) in [5, 5.41) is -0.305. The second-order valence-corrected chi connectivity index (χ2v) is 6.67. The molecule has 1 aromatic heterocycles. The predicted octanol–water partition coefficient (Wildman–Crippen LogP) is 6.17. The number of aryl methyl sites for hydroxylation is 1. The van der Waals surface area contributed by atoms with Gasteiger partial charge in [0.1, 0.15) is 17.4 Å². The Morgan fingerprint density at radius 3 is 2.29 bits per heavy atom. The highest BCUT2D eigenvalue weighted by Gasteiger charge is 2.34. The van der Waals surface area contributed by atoms with E-state index < -0.39 is 23.5 Å². The average molecular weight is 412 g/mol. The fourth-order valence-corrected chi connectivity index (χ4v) is 3.12. The highest BCUT2D eigenvalue weighted by molar-refractivity contribution is 7.98. The number of para-hydroxylation sites is 1. The Morgan fingerprint density at radius 1 is 0.964 bits per heavy atom. The molecule has 0 aliphatic carbocycles. The highest BCUT2D eigenvalue weighted by atomic mass is 32.2. The number of rotatable bonds is 5. The minimum Gasteiger partial charge on any atom is -0.439 e. The number of thioether (sulfide) groups is 1.